The van der Waals surface area contributed by atoms with Crippen molar-refractivity contribution < 1.29 is 0 Å². The maximum atomic E-state index is 2.54. The quantitative estimate of drug-likeness (QED) is 0.523. The van der Waals surface area contributed by atoms with Gasteiger partial charge in [0.1, 0.15) is 0 Å². The van der Waals surface area contributed by atoms with E-state index in [-0.39, 0.29) is 0 Å². The third-order valence-corrected chi connectivity index (χ3v) is 9.56. The molecule has 0 rings (SSSR count). The summed E-state index contributed by atoms with van der Waals surface area (Å²) >= 11 is 0. The molecular weight excluding hydrogens is 199 g/mol. The predicted octanol–water partition coefficient (Wildman–Crippen LogP) is 5.28. The maximum absolute atomic E-state index is 2.54. The highest BCUT2D eigenvalue weighted by molar-refractivity contribution is 7.75. The SMILES string of the molecule is CCCC(CC)CC(C)[P+](C)(C)C(C)C. The molecule has 92 valence electrons. The van der Waals surface area contributed by atoms with E-state index in [1.165, 1.54) is 25.7 Å². The number of rotatable bonds is 7. The fourth-order valence-electron chi connectivity index (χ4n) is 2.16. The minimum atomic E-state index is -0.696. The molecule has 0 fully saturated rings. The van der Waals surface area contributed by atoms with Crippen molar-refractivity contribution in [3.05, 3.63) is 0 Å². The minimum Gasteiger partial charge on any atom is -0.0654 e. The largest absolute Gasteiger partial charge is 0.0669 e. The molecule has 0 aliphatic rings. The Morgan fingerprint density at radius 3 is 1.87 bits per heavy atom. The van der Waals surface area contributed by atoms with Crippen molar-refractivity contribution in [2.24, 2.45) is 5.92 Å². The van der Waals surface area contributed by atoms with E-state index in [0.717, 1.165) is 17.2 Å². The Labute approximate surface area is 98.6 Å². The lowest BCUT2D eigenvalue weighted by Crippen LogP contribution is -2.19. The van der Waals surface area contributed by atoms with E-state index in [4.69, 9.17) is 0 Å². The van der Waals surface area contributed by atoms with Gasteiger partial charge in [-0.05, 0) is 33.1 Å². The highest BCUT2D eigenvalue weighted by Gasteiger charge is 2.36. The highest BCUT2D eigenvalue weighted by atomic mass is 31.2. The molecule has 0 aliphatic carbocycles. The van der Waals surface area contributed by atoms with Gasteiger partial charge in [-0.25, -0.2) is 0 Å². The van der Waals surface area contributed by atoms with Gasteiger partial charge < -0.3 is 0 Å². The van der Waals surface area contributed by atoms with Gasteiger partial charge in [0.2, 0.25) is 0 Å². The molecule has 0 radical (unpaired) electrons. The second kappa shape index (κ2) is 6.89. The summed E-state index contributed by atoms with van der Waals surface area (Å²) in [5.74, 6) is 0.975. The second-order valence-corrected chi connectivity index (χ2v) is 11.0. The van der Waals surface area contributed by atoms with Gasteiger partial charge in [0.25, 0.3) is 0 Å². The average Bonchev–Trinajstić information content (AvgIpc) is 2.16. The van der Waals surface area contributed by atoms with E-state index in [2.05, 4.69) is 47.9 Å². The van der Waals surface area contributed by atoms with Crippen LogP contribution < -0.4 is 0 Å². The molecule has 0 aromatic rings. The Kier molecular flexibility index (Phi) is 7.09. The molecule has 0 saturated carbocycles. The molecule has 15 heavy (non-hydrogen) atoms. The Morgan fingerprint density at radius 2 is 1.53 bits per heavy atom. The minimum absolute atomic E-state index is 0.696. The van der Waals surface area contributed by atoms with Crippen LogP contribution in [0.3, 0.4) is 0 Å². The highest BCUT2D eigenvalue weighted by Crippen LogP contribution is 2.61. The van der Waals surface area contributed by atoms with Crippen LogP contribution in [0.2, 0.25) is 0 Å². The third-order valence-electron chi connectivity index (χ3n) is 4.42. The Morgan fingerprint density at radius 1 is 1.00 bits per heavy atom. The van der Waals surface area contributed by atoms with Gasteiger partial charge in [-0.3, -0.25) is 0 Å². The standard InChI is InChI=1S/C14H32P/c1-8-10-14(9-2)11-13(5)15(6,7)12(3)4/h12-14H,8-11H2,1-7H3/q+1. The second-order valence-electron chi connectivity index (χ2n) is 5.87. The smallest absolute Gasteiger partial charge is 0.0654 e. The monoisotopic (exact) mass is 231 g/mol. The van der Waals surface area contributed by atoms with Crippen LogP contribution in [0.1, 0.15) is 60.3 Å². The summed E-state index contributed by atoms with van der Waals surface area (Å²) in [5.41, 5.74) is 1.85. The van der Waals surface area contributed by atoms with Gasteiger partial charge in [0.05, 0.1) is 11.3 Å². The van der Waals surface area contributed by atoms with Crippen LogP contribution >= 0.6 is 7.26 Å². The summed E-state index contributed by atoms with van der Waals surface area (Å²) in [6.07, 6.45) is 5.62. The van der Waals surface area contributed by atoms with Gasteiger partial charge in [-0.2, -0.15) is 0 Å². The van der Waals surface area contributed by atoms with Crippen molar-refractivity contribution in [2.45, 2.75) is 71.6 Å². The van der Waals surface area contributed by atoms with E-state index in [1.807, 2.05) is 0 Å². The summed E-state index contributed by atoms with van der Waals surface area (Å²) in [6.45, 7) is 17.1. The summed E-state index contributed by atoms with van der Waals surface area (Å²) < 4.78 is 0. The fourth-order valence-corrected chi connectivity index (χ4v) is 4.02. The molecule has 0 spiro atoms. The molecule has 0 N–H and O–H groups in total. The Balaban J connectivity index is 4.26. The topological polar surface area (TPSA) is 0 Å². The van der Waals surface area contributed by atoms with Gasteiger partial charge in [-0.15, -0.1) is 0 Å². The van der Waals surface area contributed by atoms with Gasteiger partial charge >= 0.3 is 0 Å². The van der Waals surface area contributed by atoms with Crippen LogP contribution in [0.15, 0.2) is 0 Å². The predicted molar refractivity (Wildman–Crippen MR) is 76.7 cm³/mol. The molecule has 0 aliphatic heterocycles. The first-order valence-electron chi connectivity index (χ1n) is 6.69. The molecule has 0 bridgehead atoms. The van der Waals surface area contributed by atoms with Gasteiger partial charge in [0, 0.05) is 20.6 Å². The molecule has 2 unspecified atom stereocenters. The molecule has 0 nitrogen and oxygen atoms in total. The van der Waals surface area contributed by atoms with E-state index < -0.39 is 7.26 Å². The fraction of sp³-hybridized carbons (Fsp3) is 1.00. The summed E-state index contributed by atoms with van der Waals surface area (Å²) in [5, 5.41) is 0. The molecule has 2 atom stereocenters. The molecular formula is C14H32P+. The summed E-state index contributed by atoms with van der Waals surface area (Å²) in [7, 11) is -0.696. The lowest BCUT2D eigenvalue weighted by molar-refractivity contribution is 0.429. The number of hydrogen-bond donors (Lipinski definition) is 0. The Bertz CT molecular complexity index is 161. The van der Waals surface area contributed by atoms with Crippen LogP contribution in [0.25, 0.3) is 0 Å². The van der Waals surface area contributed by atoms with Crippen molar-refractivity contribution in [1.29, 1.82) is 0 Å². The lowest BCUT2D eigenvalue weighted by atomic mass is 9.96. The number of hydrogen-bond acceptors (Lipinski definition) is 0. The van der Waals surface area contributed by atoms with E-state index in [9.17, 15) is 0 Å². The van der Waals surface area contributed by atoms with Crippen LogP contribution in [0.4, 0.5) is 0 Å². The molecule has 0 aromatic heterocycles. The zero-order chi connectivity index (χ0) is 12.1. The first-order valence-corrected chi connectivity index (χ1v) is 9.51. The Hall–Kier alpha value is 0.430. The van der Waals surface area contributed by atoms with E-state index in [1.54, 1.807) is 0 Å². The van der Waals surface area contributed by atoms with Crippen LogP contribution in [-0.4, -0.2) is 24.6 Å². The zero-order valence-electron chi connectivity index (χ0n) is 12.0. The molecule has 0 saturated heterocycles. The van der Waals surface area contributed by atoms with Crippen LogP contribution in [0.5, 0.6) is 0 Å². The van der Waals surface area contributed by atoms with Crippen molar-refractivity contribution in [3.8, 4) is 0 Å². The molecule has 0 heterocycles. The van der Waals surface area contributed by atoms with Gasteiger partial charge in [-0.1, -0.05) is 33.1 Å². The zero-order valence-corrected chi connectivity index (χ0v) is 12.9. The van der Waals surface area contributed by atoms with Crippen LogP contribution in [-0.2, 0) is 0 Å². The first-order chi connectivity index (χ1) is 6.86. The third kappa shape index (κ3) is 4.85. The average molecular weight is 231 g/mol. The maximum Gasteiger partial charge on any atom is 0.0669 e. The summed E-state index contributed by atoms with van der Waals surface area (Å²) in [4.78, 5) is 0. The van der Waals surface area contributed by atoms with Crippen molar-refractivity contribution in [1.82, 2.24) is 0 Å². The van der Waals surface area contributed by atoms with Crippen molar-refractivity contribution >= 4 is 7.26 Å². The van der Waals surface area contributed by atoms with E-state index in [0.29, 0.717) is 0 Å². The normalized spacial score (nSPS) is 16.8. The van der Waals surface area contributed by atoms with Crippen molar-refractivity contribution in [2.75, 3.05) is 13.3 Å². The van der Waals surface area contributed by atoms with Crippen molar-refractivity contribution in [3.63, 3.8) is 0 Å². The lowest BCUT2D eigenvalue weighted by Gasteiger charge is -2.31. The van der Waals surface area contributed by atoms with Gasteiger partial charge in [0.15, 0.2) is 0 Å². The first kappa shape index (κ1) is 15.4. The molecule has 1 heteroatoms. The van der Waals surface area contributed by atoms with E-state index >= 15 is 0 Å². The summed E-state index contributed by atoms with van der Waals surface area (Å²) in [6, 6.07) is 0. The van der Waals surface area contributed by atoms with Crippen LogP contribution in [0, 0.1) is 5.92 Å². The molecule has 0 amide bonds. The molecule has 0 aromatic carbocycles.